The van der Waals surface area contributed by atoms with E-state index < -0.39 is 0 Å². The second-order valence-electron chi connectivity index (χ2n) is 9.10. The van der Waals surface area contributed by atoms with Gasteiger partial charge in [-0.15, -0.1) is 0 Å². The second kappa shape index (κ2) is 9.97. The molecule has 3 heterocycles. The Bertz CT molecular complexity index is 1520. The van der Waals surface area contributed by atoms with Gasteiger partial charge < -0.3 is 24.1 Å². The normalized spacial score (nSPS) is 14.1. The summed E-state index contributed by atoms with van der Waals surface area (Å²) < 4.78 is 17.9. The number of piperidine rings is 1. The lowest BCUT2D eigenvalue weighted by Gasteiger charge is -2.32. The van der Waals surface area contributed by atoms with Crippen LogP contribution in [0.25, 0.3) is 21.9 Å². The SMILES string of the molecule is C=CC(=O)N1CCC(c2cc3c(Oc4ccc5c(C(=O)NC)c(C)oc5c4)ccnc3cc2OC)CC1. The van der Waals surface area contributed by atoms with Crippen molar-refractivity contribution in [3.05, 3.63) is 72.1 Å². The molecule has 0 radical (unpaired) electrons. The van der Waals surface area contributed by atoms with Gasteiger partial charge in [0.15, 0.2) is 0 Å². The van der Waals surface area contributed by atoms with Crippen molar-refractivity contribution in [3.8, 4) is 17.2 Å². The summed E-state index contributed by atoms with van der Waals surface area (Å²) in [4.78, 5) is 30.6. The molecule has 5 rings (SSSR count). The lowest BCUT2D eigenvalue weighted by Crippen LogP contribution is -2.36. The molecule has 2 aromatic carbocycles. The zero-order valence-electron chi connectivity index (χ0n) is 21.2. The molecule has 1 aliphatic rings. The van der Waals surface area contributed by atoms with Gasteiger partial charge in [0.25, 0.3) is 5.91 Å². The van der Waals surface area contributed by atoms with E-state index in [0.717, 1.165) is 40.4 Å². The molecule has 0 atom stereocenters. The summed E-state index contributed by atoms with van der Waals surface area (Å²) in [5.41, 5.74) is 2.94. The van der Waals surface area contributed by atoms with Crippen molar-refractivity contribution in [2.75, 3.05) is 27.2 Å². The summed E-state index contributed by atoms with van der Waals surface area (Å²) in [6, 6.07) is 11.3. The highest BCUT2D eigenvalue weighted by molar-refractivity contribution is 6.07. The van der Waals surface area contributed by atoms with E-state index in [1.807, 2.05) is 29.2 Å². The van der Waals surface area contributed by atoms with Gasteiger partial charge in [0.1, 0.15) is 28.6 Å². The van der Waals surface area contributed by atoms with Crippen molar-refractivity contribution in [3.63, 3.8) is 0 Å². The molecule has 190 valence electrons. The van der Waals surface area contributed by atoms with E-state index in [-0.39, 0.29) is 17.7 Å². The summed E-state index contributed by atoms with van der Waals surface area (Å²) in [6.07, 6.45) is 4.74. The first-order valence-electron chi connectivity index (χ1n) is 12.2. The topological polar surface area (TPSA) is 93.9 Å². The molecule has 8 nitrogen and oxygen atoms in total. The molecule has 1 N–H and O–H groups in total. The lowest BCUT2D eigenvalue weighted by molar-refractivity contribution is -0.127. The third-order valence-electron chi connectivity index (χ3n) is 6.99. The number of carbonyl (C=O) groups is 2. The Balaban J connectivity index is 1.48. The standard InChI is InChI=1S/C29H29N3O5/c1-5-27(33)32-12-9-18(10-13-32)21-15-22-23(16-25(21)35-4)31-11-8-24(22)37-19-6-7-20-26(14-19)36-17(2)28(20)29(34)30-3/h5-8,11,14-16,18H,1,9-10,12-13H2,2-4H3,(H,30,34). The Morgan fingerprint density at radius 3 is 2.62 bits per heavy atom. The van der Waals surface area contributed by atoms with E-state index in [2.05, 4.69) is 22.9 Å². The van der Waals surface area contributed by atoms with E-state index in [4.69, 9.17) is 13.9 Å². The first kappa shape index (κ1) is 24.4. The largest absolute Gasteiger partial charge is 0.496 e. The molecule has 1 saturated heterocycles. The van der Waals surface area contributed by atoms with Gasteiger partial charge in [-0.25, -0.2) is 0 Å². The summed E-state index contributed by atoms with van der Waals surface area (Å²) >= 11 is 0. The van der Waals surface area contributed by atoms with Gasteiger partial charge in [0.2, 0.25) is 5.91 Å². The van der Waals surface area contributed by atoms with Gasteiger partial charge in [-0.05, 0) is 61.6 Å². The number of aryl methyl sites for hydroxylation is 1. The number of fused-ring (bicyclic) bond motifs is 2. The monoisotopic (exact) mass is 499 g/mol. The minimum atomic E-state index is -0.189. The van der Waals surface area contributed by atoms with Crippen molar-refractivity contribution < 1.29 is 23.5 Å². The molecule has 0 spiro atoms. The number of pyridine rings is 1. The van der Waals surface area contributed by atoms with Crippen LogP contribution in [0.5, 0.6) is 17.2 Å². The smallest absolute Gasteiger partial charge is 0.255 e. The Labute approximate surface area is 214 Å². The number of ether oxygens (including phenoxy) is 2. The van der Waals surface area contributed by atoms with E-state index in [9.17, 15) is 9.59 Å². The highest BCUT2D eigenvalue weighted by Gasteiger charge is 2.26. The number of hydrogen-bond donors (Lipinski definition) is 1. The highest BCUT2D eigenvalue weighted by atomic mass is 16.5. The fraction of sp³-hybridized carbons (Fsp3) is 0.276. The fourth-order valence-corrected chi connectivity index (χ4v) is 5.09. The third-order valence-corrected chi connectivity index (χ3v) is 6.99. The van der Waals surface area contributed by atoms with Gasteiger partial charge in [-0.1, -0.05) is 6.58 Å². The van der Waals surface area contributed by atoms with Crippen LogP contribution < -0.4 is 14.8 Å². The second-order valence-corrected chi connectivity index (χ2v) is 9.10. The maximum atomic E-state index is 12.3. The summed E-state index contributed by atoms with van der Waals surface area (Å²) in [6.45, 7) is 6.72. The molecular weight excluding hydrogens is 470 g/mol. The van der Waals surface area contributed by atoms with Crippen LogP contribution in [-0.2, 0) is 4.79 Å². The minimum Gasteiger partial charge on any atom is -0.496 e. The highest BCUT2D eigenvalue weighted by Crippen LogP contribution is 2.40. The predicted molar refractivity (Wildman–Crippen MR) is 141 cm³/mol. The molecule has 37 heavy (non-hydrogen) atoms. The first-order chi connectivity index (χ1) is 17.9. The number of likely N-dealkylation sites (tertiary alicyclic amines) is 1. The van der Waals surface area contributed by atoms with Crippen molar-refractivity contribution in [2.45, 2.75) is 25.7 Å². The van der Waals surface area contributed by atoms with Gasteiger partial charge in [-0.2, -0.15) is 0 Å². The Morgan fingerprint density at radius 2 is 1.92 bits per heavy atom. The first-order valence-corrected chi connectivity index (χ1v) is 12.2. The molecule has 0 saturated carbocycles. The Hall–Kier alpha value is -4.33. The Morgan fingerprint density at radius 1 is 1.14 bits per heavy atom. The molecular formula is C29H29N3O5. The summed E-state index contributed by atoms with van der Waals surface area (Å²) in [5, 5.41) is 4.26. The van der Waals surface area contributed by atoms with Crippen molar-refractivity contribution in [1.29, 1.82) is 0 Å². The molecule has 0 aliphatic carbocycles. The van der Waals surface area contributed by atoms with Crippen LogP contribution in [0.1, 0.15) is 40.4 Å². The van der Waals surface area contributed by atoms with Gasteiger partial charge in [-0.3, -0.25) is 14.6 Å². The van der Waals surface area contributed by atoms with Crippen LogP contribution in [0, 0.1) is 6.92 Å². The number of nitrogens with zero attached hydrogens (tertiary/aromatic N) is 2. The van der Waals surface area contributed by atoms with Crippen molar-refractivity contribution in [1.82, 2.24) is 15.2 Å². The molecule has 0 unspecified atom stereocenters. The van der Waals surface area contributed by atoms with Crippen LogP contribution in [0.3, 0.4) is 0 Å². The van der Waals surface area contributed by atoms with E-state index in [0.29, 0.717) is 41.5 Å². The zero-order valence-corrected chi connectivity index (χ0v) is 21.2. The number of nitrogens with one attached hydrogen (secondary N) is 1. The van der Waals surface area contributed by atoms with E-state index in [1.165, 1.54) is 6.08 Å². The van der Waals surface area contributed by atoms with Gasteiger partial charge >= 0.3 is 0 Å². The molecule has 8 heteroatoms. The number of amides is 2. The van der Waals surface area contributed by atoms with E-state index in [1.54, 1.807) is 33.3 Å². The third kappa shape index (κ3) is 4.50. The van der Waals surface area contributed by atoms with Crippen molar-refractivity contribution >= 4 is 33.7 Å². The predicted octanol–water partition coefficient (Wildman–Crippen LogP) is 5.34. The minimum absolute atomic E-state index is 0.0324. The molecule has 2 aromatic heterocycles. The lowest BCUT2D eigenvalue weighted by atomic mass is 9.87. The number of methoxy groups -OCH3 is 1. The number of carbonyl (C=O) groups excluding carboxylic acids is 2. The molecule has 1 fully saturated rings. The molecule has 4 aromatic rings. The van der Waals surface area contributed by atoms with E-state index >= 15 is 0 Å². The maximum Gasteiger partial charge on any atom is 0.255 e. The number of aromatic nitrogens is 1. The number of benzene rings is 2. The number of hydrogen-bond acceptors (Lipinski definition) is 6. The quantitative estimate of drug-likeness (QED) is 0.360. The molecule has 1 aliphatic heterocycles. The fourth-order valence-electron chi connectivity index (χ4n) is 5.09. The Kier molecular flexibility index (Phi) is 6.56. The van der Waals surface area contributed by atoms with Crippen molar-refractivity contribution in [2.24, 2.45) is 0 Å². The zero-order chi connectivity index (χ0) is 26.1. The van der Waals surface area contributed by atoms with Crippen LogP contribution in [0.15, 0.2) is 59.7 Å². The van der Waals surface area contributed by atoms with Gasteiger partial charge in [0.05, 0.1) is 18.2 Å². The molecule has 2 amide bonds. The molecule has 0 bridgehead atoms. The summed E-state index contributed by atoms with van der Waals surface area (Å²) in [7, 11) is 3.26. The van der Waals surface area contributed by atoms with Crippen LogP contribution in [0.4, 0.5) is 0 Å². The number of rotatable bonds is 6. The average Bonchev–Trinajstić information content (AvgIpc) is 3.26. The maximum absolute atomic E-state index is 12.3. The summed E-state index contributed by atoms with van der Waals surface area (Å²) in [5.74, 6) is 2.60. The average molecular weight is 500 g/mol. The van der Waals surface area contributed by atoms with Crippen LogP contribution in [-0.4, -0.2) is 48.9 Å². The van der Waals surface area contributed by atoms with Crippen LogP contribution >= 0.6 is 0 Å². The van der Waals surface area contributed by atoms with Gasteiger partial charge in [0, 0.05) is 49.2 Å². The number of furan rings is 1. The van der Waals surface area contributed by atoms with Crippen LogP contribution in [0.2, 0.25) is 0 Å².